The highest BCUT2D eigenvalue weighted by Crippen LogP contribution is 2.11. The summed E-state index contributed by atoms with van der Waals surface area (Å²) in [5.74, 6) is 0. The van der Waals surface area contributed by atoms with Crippen molar-refractivity contribution in [1.29, 1.82) is 0 Å². The Kier molecular flexibility index (Phi) is 7.81. The first-order chi connectivity index (χ1) is 7.86. The smallest absolute Gasteiger partial charge is 0.0474 e. The molecule has 0 aromatic carbocycles. The minimum Gasteiger partial charge on any atom is -0.385 e. The highest BCUT2D eigenvalue weighted by molar-refractivity contribution is 4.74. The Labute approximate surface area is 101 Å². The van der Waals surface area contributed by atoms with Crippen molar-refractivity contribution >= 4 is 0 Å². The zero-order valence-corrected chi connectivity index (χ0v) is 11.0. The quantitative estimate of drug-likeness (QED) is 0.673. The number of hydrogen-bond acceptors (Lipinski definition) is 3. The Morgan fingerprint density at radius 2 is 2.19 bits per heavy atom. The Bertz CT molecular complexity index is 164. The summed E-state index contributed by atoms with van der Waals surface area (Å²) in [4.78, 5) is 2.61. The summed E-state index contributed by atoms with van der Waals surface area (Å²) in [6.45, 7) is 8.09. The minimum atomic E-state index is 0.735. The van der Waals surface area contributed by atoms with Gasteiger partial charge in [0.1, 0.15) is 0 Å². The summed E-state index contributed by atoms with van der Waals surface area (Å²) in [5, 5.41) is 3.65. The number of ether oxygens (including phenoxy) is 1. The van der Waals surface area contributed by atoms with Gasteiger partial charge in [0.05, 0.1) is 0 Å². The number of hydrogen-bond donors (Lipinski definition) is 1. The van der Waals surface area contributed by atoms with Crippen LogP contribution >= 0.6 is 0 Å². The summed E-state index contributed by atoms with van der Waals surface area (Å²) < 4.78 is 5.06. The van der Waals surface area contributed by atoms with E-state index in [4.69, 9.17) is 4.74 Å². The number of likely N-dealkylation sites (tertiary alicyclic amines) is 1. The van der Waals surface area contributed by atoms with Gasteiger partial charge in [-0.3, -0.25) is 0 Å². The molecular formula is C13H28N2O. The average molecular weight is 228 g/mol. The lowest BCUT2D eigenvalue weighted by Crippen LogP contribution is -2.32. The van der Waals surface area contributed by atoms with E-state index in [2.05, 4.69) is 17.1 Å². The van der Waals surface area contributed by atoms with Crippen LogP contribution in [-0.4, -0.2) is 50.8 Å². The molecule has 1 aliphatic heterocycles. The van der Waals surface area contributed by atoms with Crippen LogP contribution in [-0.2, 0) is 4.74 Å². The topological polar surface area (TPSA) is 24.5 Å². The van der Waals surface area contributed by atoms with Crippen LogP contribution in [0.1, 0.15) is 39.0 Å². The first-order valence-corrected chi connectivity index (χ1v) is 6.81. The molecule has 1 heterocycles. The van der Waals surface area contributed by atoms with Crippen molar-refractivity contribution in [2.75, 3.05) is 39.9 Å². The average Bonchev–Trinajstić information content (AvgIpc) is 2.51. The van der Waals surface area contributed by atoms with Crippen LogP contribution in [0.3, 0.4) is 0 Å². The third-order valence-electron chi connectivity index (χ3n) is 3.32. The Hall–Kier alpha value is -0.120. The maximum Gasteiger partial charge on any atom is 0.0474 e. The molecule has 1 saturated heterocycles. The van der Waals surface area contributed by atoms with Crippen LogP contribution in [0, 0.1) is 0 Å². The van der Waals surface area contributed by atoms with Crippen molar-refractivity contribution in [1.82, 2.24) is 10.2 Å². The van der Waals surface area contributed by atoms with E-state index >= 15 is 0 Å². The zero-order valence-electron chi connectivity index (χ0n) is 11.0. The largest absolute Gasteiger partial charge is 0.385 e. The van der Waals surface area contributed by atoms with E-state index in [9.17, 15) is 0 Å². The predicted molar refractivity (Wildman–Crippen MR) is 68.9 cm³/mol. The zero-order chi connectivity index (χ0) is 11.6. The minimum absolute atomic E-state index is 0.735. The lowest BCUT2D eigenvalue weighted by molar-refractivity contribution is 0.192. The Balaban J connectivity index is 2.10. The Morgan fingerprint density at radius 1 is 1.31 bits per heavy atom. The molecule has 1 atom stereocenters. The van der Waals surface area contributed by atoms with Crippen molar-refractivity contribution in [3.05, 3.63) is 0 Å². The third kappa shape index (κ3) is 5.83. The predicted octanol–water partition coefficient (Wildman–Crippen LogP) is 1.88. The highest BCUT2D eigenvalue weighted by Gasteiger charge is 2.15. The molecule has 0 saturated carbocycles. The highest BCUT2D eigenvalue weighted by atomic mass is 16.5. The molecule has 0 bridgehead atoms. The van der Waals surface area contributed by atoms with Gasteiger partial charge in [-0.15, -0.1) is 0 Å². The molecule has 3 nitrogen and oxygen atoms in total. The molecule has 1 aliphatic rings. The molecule has 1 unspecified atom stereocenters. The molecule has 0 amide bonds. The number of nitrogens with one attached hydrogen (secondary N) is 1. The van der Waals surface area contributed by atoms with Crippen molar-refractivity contribution in [3.8, 4) is 0 Å². The van der Waals surface area contributed by atoms with Gasteiger partial charge in [0.15, 0.2) is 0 Å². The van der Waals surface area contributed by atoms with E-state index in [1.165, 1.54) is 45.3 Å². The van der Waals surface area contributed by atoms with E-state index < -0.39 is 0 Å². The summed E-state index contributed by atoms with van der Waals surface area (Å²) in [7, 11) is 1.77. The summed E-state index contributed by atoms with van der Waals surface area (Å²) in [6, 6.07) is 0.735. The molecule has 0 aliphatic carbocycles. The molecule has 0 radical (unpaired) electrons. The molecule has 16 heavy (non-hydrogen) atoms. The van der Waals surface area contributed by atoms with Gasteiger partial charge in [-0.05, 0) is 58.3 Å². The molecule has 3 heteroatoms. The van der Waals surface area contributed by atoms with Gasteiger partial charge in [0, 0.05) is 19.8 Å². The maximum absolute atomic E-state index is 5.06. The second-order valence-corrected chi connectivity index (χ2v) is 4.77. The molecule has 96 valence electrons. The van der Waals surface area contributed by atoms with Crippen molar-refractivity contribution < 1.29 is 4.74 Å². The SMILES string of the molecule is CCCN1CCCC(NCCCOC)CC1. The molecule has 1 N–H and O–H groups in total. The fourth-order valence-electron chi connectivity index (χ4n) is 2.42. The van der Waals surface area contributed by atoms with E-state index in [1.54, 1.807) is 7.11 Å². The second kappa shape index (κ2) is 8.97. The van der Waals surface area contributed by atoms with Crippen molar-refractivity contribution in [3.63, 3.8) is 0 Å². The van der Waals surface area contributed by atoms with Crippen LogP contribution in [0.2, 0.25) is 0 Å². The summed E-state index contributed by atoms with van der Waals surface area (Å²) in [5.41, 5.74) is 0. The molecule has 0 spiro atoms. The standard InChI is InChI=1S/C13H28N2O/c1-3-9-15-10-4-6-13(7-11-15)14-8-5-12-16-2/h13-14H,3-12H2,1-2H3. The van der Waals surface area contributed by atoms with E-state index in [-0.39, 0.29) is 0 Å². The van der Waals surface area contributed by atoms with E-state index in [1.807, 2.05) is 0 Å². The van der Waals surface area contributed by atoms with Gasteiger partial charge in [0.2, 0.25) is 0 Å². The van der Waals surface area contributed by atoms with Gasteiger partial charge in [-0.2, -0.15) is 0 Å². The van der Waals surface area contributed by atoms with Gasteiger partial charge >= 0.3 is 0 Å². The van der Waals surface area contributed by atoms with Crippen LogP contribution in [0.5, 0.6) is 0 Å². The molecule has 0 aromatic heterocycles. The normalized spacial score (nSPS) is 23.2. The second-order valence-electron chi connectivity index (χ2n) is 4.77. The van der Waals surface area contributed by atoms with Crippen LogP contribution in [0.15, 0.2) is 0 Å². The fraction of sp³-hybridized carbons (Fsp3) is 1.00. The lowest BCUT2D eigenvalue weighted by Gasteiger charge is -2.19. The van der Waals surface area contributed by atoms with Gasteiger partial charge < -0.3 is 15.0 Å². The van der Waals surface area contributed by atoms with Crippen molar-refractivity contribution in [2.24, 2.45) is 0 Å². The van der Waals surface area contributed by atoms with E-state index in [0.29, 0.717) is 0 Å². The monoisotopic (exact) mass is 228 g/mol. The first-order valence-electron chi connectivity index (χ1n) is 6.81. The summed E-state index contributed by atoms with van der Waals surface area (Å²) >= 11 is 0. The van der Waals surface area contributed by atoms with Gasteiger partial charge in [-0.1, -0.05) is 6.92 Å². The number of rotatable bonds is 7. The first kappa shape index (κ1) is 13.9. The summed E-state index contributed by atoms with van der Waals surface area (Å²) in [6.07, 6.45) is 6.42. The molecule has 1 rings (SSSR count). The number of nitrogens with zero attached hydrogens (tertiary/aromatic N) is 1. The number of methoxy groups -OCH3 is 1. The lowest BCUT2D eigenvalue weighted by atomic mass is 10.1. The van der Waals surface area contributed by atoms with E-state index in [0.717, 1.165) is 25.6 Å². The molecule has 0 aromatic rings. The Morgan fingerprint density at radius 3 is 2.94 bits per heavy atom. The van der Waals surface area contributed by atoms with Crippen molar-refractivity contribution in [2.45, 2.75) is 45.1 Å². The fourth-order valence-corrected chi connectivity index (χ4v) is 2.42. The van der Waals surface area contributed by atoms with Crippen LogP contribution < -0.4 is 5.32 Å². The van der Waals surface area contributed by atoms with Crippen LogP contribution in [0.4, 0.5) is 0 Å². The van der Waals surface area contributed by atoms with Gasteiger partial charge in [0.25, 0.3) is 0 Å². The van der Waals surface area contributed by atoms with Crippen LogP contribution in [0.25, 0.3) is 0 Å². The molecular weight excluding hydrogens is 200 g/mol. The van der Waals surface area contributed by atoms with Gasteiger partial charge in [-0.25, -0.2) is 0 Å². The maximum atomic E-state index is 5.06. The molecule has 1 fully saturated rings. The third-order valence-corrected chi connectivity index (χ3v) is 3.32.